The van der Waals surface area contributed by atoms with E-state index in [1.807, 2.05) is 0 Å². The second-order valence-corrected chi connectivity index (χ2v) is 4.56. The molecule has 0 radical (unpaired) electrons. The summed E-state index contributed by atoms with van der Waals surface area (Å²) in [5.74, 6) is -1.18. The fourth-order valence-corrected chi connectivity index (χ4v) is 2.08. The Morgan fingerprint density at radius 3 is 2.53 bits per heavy atom. The van der Waals surface area contributed by atoms with Crippen LogP contribution in [0, 0.1) is 0 Å². The molecular weight excluding hydrogens is 246 g/mol. The van der Waals surface area contributed by atoms with Gasteiger partial charge in [0.1, 0.15) is 0 Å². The van der Waals surface area contributed by atoms with E-state index in [1.165, 1.54) is 24.3 Å². The summed E-state index contributed by atoms with van der Waals surface area (Å²) >= 11 is 0. The van der Waals surface area contributed by atoms with Crippen LogP contribution in [0.25, 0.3) is 0 Å². The summed E-state index contributed by atoms with van der Waals surface area (Å²) < 4.78 is 5.47. The molecule has 2 N–H and O–H groups in total. The molecule has 1 heterocycles. The highest BCUT2D eigenvalue weighted by molar-refractivity contribution is 5.95. The van der Waals surface area contributed by atoms with Crippen molar-refractivity contribution < 1.29 is 19.4 Å². The number of carboxylic acids is 1. The summed E-state index contributed by atoms with van der Waals surface area (Å²) in [4.78, 5) is 22.5. The predicted octanol–water partition coefficient (Wildman–Crippen LogP) is 1.68. The van der Waals surface area contributed by atoms with Crippen molar-refractivity contribution in [2.75, 3.05) is 13.2 Å². The lowest BCUT2D eigenvalue weighted by atomic mass is 10.1. The number of rotatable bonds is 5. The van der Waals surface area contributed by atoms with E-state index < -0.39 is 5.97 Å². The molecule has 0 spiro atoms. The lowest BCUT2D eigenvalue weighted by molar-refractivity contribution is 0.0696. The van der Waals surface area contributed by atoms with Gasteiger partial charge < -0.3 is 15.2 Å². The number of ether oxygens (including phenoxy) is 1. The zero-order chi connectivity index (χ0) is 13.7. The molecule has 1 amide bonds. The van der Waals surface area contributed by atoms with Gasteiger partial charge in [-0.3, -0.25) is 4.79 Å². The largest absolute Gasteiger partial charge is 0.478 e. The number of hydrogen-bond donors (Lipinski definition) is 2. The smallest absolute Gasteiger partial charge is 0.335 e. The predicted molar refractivity (Wildman–Crippen MR) is 69.3 cm³/mol. The number of carboxylic acid groups (broad SMARTS) is 1. The number of hydrogen-bond acceptors (Lipinski definition) is 3. The SMILES string of the molecule is O=C(O)c1ccc(C(=O)NCC[C@H]2CCCO2)cc1. The van der Waals surface area contributed by atoms with E-state index in [2.05, 4.69) is 5.32 Å². The van der Waals surface area contributed by atoms with Crippen LogP contribution in [0.5, 0.6) is 0 Å². The number of amides is 1. The molecular formula is C14H17NO4. The lowest BCUT2D eigenvalue weighted by Gasteiger charge is -2.10. The van der Waals surface area contributed by atoms with E-state index >= 15 is 0 Å². The molecule has 0 bridgehead atoms. The Bertz CT molecular complexity index is 449. The van der Waals surface area contributed by atoms with Gasteiger partial charge in [0.05, 0.1) is 11.7 Å². The molecule has 1 fully saturated rings. The van der Waals surface area contributed by atoms with Crippen LogP contribution in [0.4, 0.5) is 0 Å². The minimum Gasteiger partial charge on any atom is -0.478 e. The van der Waals surface area contributed by atoms with Gasteiger partial charge in [-0.1, -0.05) is 0 Å². The van der Waals surface area contributed by atoms with Crippen molar-refractivity contribution in [3.8, 4) is 0 Å². The van der Waals surface area contributed by atoms with Crippen LogP contribution in [0.1, 0.15) is 40.0 Å². The van der Waals surface area contributed by atoms with E-state index in [0.717, 1.165) is 25.9 Å². The normalized spacial score (nSPS) is 18.2. The molecule has 0 saturated carbocycles. The molecule has 0 unspecified atom stereocenters. The second-order valence-electron chi connectivity index (χ2n) is 4.56. The molecule has 19 heavy (non-hydrogen) atoms. The first-order valence-corrected chi connectivity index (χ1v) is 6.40. The molecule has 102 valence electrons. The average Bonchev–Trinajstić information content (AvgIpc) is 2.92. The van der Waals surface area contributed by atoms with Crippen LogP contribution < -0.4 is 5.32 Å². The summed E-state index contributed by atoms with van der Waals surface area (Å²) in [6.45, 7) is 1.39. The van der Waals surface area contributed by atoms with Gasteiger partial charge in [-0.25, -0.2) is 4.79 Å². The average molecular weight is 263 g/mol. The molecule has 1 atom stereocenters. The van der Waals surface area contributed by atoms with Gasteiger partial charge in [0.2, 0.25) is 0 Å². The summed E-state index contributed by atoms with van der Waals surface area (Å²) in [7, 11) is 0. The van der Waals surface area contributed by atoms with Crippen LogP contribution in [0.2, 0.25) is 0 Å². The summed E-state index contributed by atoms with van der Waals surface area (Å²) in [5, 5.41) is 11.6. The highest BCUT2D eigenvalue weighted by atomic mass is 16.5. The van der Waals surface area contributed by atoms with Gasteiger partial charge in [0, 0.05) is 18.7 Å². The lowest BCUT2D eigenvalue weighted by Crippen LogP contribution is -2.27. The number of aromatic carboxylic acids is 1. The quantitative estimate of drug-likeness (QED) is 0.847. The maximum absolute atomic E-state index is 11.8. The molecule has 0 aliphatic carbocycles. The fourth-order valence-electron chi connectivity index (χ4n) is 2.08. The van der Waals surface area contributed by atoms with E-state index in [-0.39, 0.29) is 17.6 Å². The van der Waals surface area contributed by atoms with Crippen molar-refractivity contribution in [2.45, 2.75) is 25.4 Å². The molecule has 5 nitrogen and oxygen atoms in total. The molecule has 0 aromatic heterocycles. The molecule has 1 aliphatic heterocycles. The van der Waals surface area contributed by atoms with Crippen molar-refractivity contribution in [2.24, 2.45) is 0 Å². The van der Waals surface area contributed by atoms with Crippen molar-refractivity contribution in [3.05, 3.63) is 35.4 Å². The highest BCUT2D eigenvalue weighted by Crippen LogP contribution is 2.14. The zero-order valence-corrected chi connectivity index (χ0v) is 10.6. The minimum absolute atomic E-state index is 0.177. The van der Waals surface area contributed by atoms with Gasteiger partial charge in [-0.15, -0.1) is 0 Å². The Morgan fingerprint density at radius 2 is 1.95 bits per heavy atom. The van der Waals surface area contributed by atoms with E-state index in [1.54, 1.807) is 0 Å². The Hall–Kier alpha value is -1.88. The molecule has 2 rings (SSSR count). The topological polar surface area (TPSA) is 75.6 Å². The monoisotopic (exact) mass is 263 g/mol. The van der Waals surface area contributed by atoms with E-state index in [0.29, 0.717) is 12.1 Å². The molecule has 1 aliphatic rings. The van der Waals surface area contributed by atoms with Crippen LogP contribution >= 0.6 is 0 Å². The standard InChI is InChI=1S/C14H17NO4/c16-13(15-8-7-12-2-1-9-19-12)10-3-5-11(6-4-10)14(17)18/h3-6,12H,1-2,7-9H2,(H,15,16)(H,17,18)/t12-/m1/s1. The maximum Gasteiger partial charge on any atom is 0.335 e. The Kier molecular flexibility index (Phi) is 4.52. The number of carbonyl (C=O) groups excluding carboxylic acids is 1. The third-order valence-electron chi connectivity index (χ3n) is 3.17. The zero-order valence-electron chi connectivity index (χ0n) is 10.6. The van der Waals surface area contributed by atoms with Crippen LogP contribution in [0.3, 0.4) is 0 Å². The van der Waals surface area contributed by atoms with Crippen molar-refractivity contribution in [3.63, 3.8) is 0 Å². The van der Waals surface area contributed by atoms with Crippen LogP contribution in [0.15, 0.2) is 24.3 Å². The fraction of sp³-hybridized carbons (Fsp3) is 0.429. The third kappa shape index (κ3) is 3.79. The molecule has 1 aromatic rings. The van der Waals surface area contributed by atoms with Crippen molar-refractivity contribution >= 4 is 11.9 Å². The first kappa shape index (κ1) is 13.5. The third-order valence-corrected chi connectivity index (χ3v) is 3.17. The van der Waals surface area contributed by atoms with Crippen molar-refractivity contribution in [1.29, 1.82) is 0 Å². The number of benzene rings is 1. The van der Waals surface area contributed by atoms with Gasteiger partial charge >= 0.3 is 5.97 Å². The Balaban J connectivity index is 1.80. The maximum atomic E-state index is 11.8. The number of nitrogens with one attached hydrogen (secondary N) is 1. The van der Waals surface area contributed by atoms with Gasteiger partial charge in [-0.05, 0) is 43.5 Å². The molecule has 1 saturated heterocycles. The molecule has 5 heteroatoms. The number of carbonyl (C=O) groups is 2. The molecule has 1 aromatic carbocycles. The van der Waals surface area contributed by atoms with E-state index in [9.17, 15) is 9.59 Å². The van der Waals surface area contributed by atoms with Gasteiger partial charge in [0.15, 0.2) is 0 Å². The first-order chi connectivity index (χ1) is 9.16. The summed E-state index contributed by atoms with van der Waals surface area (Å²) in [6.07, 6.45) is 3.23. The Labute approximate surface area is 111 Å². The van der Waals surface area contributed by atoms with Gasteiger partial charge in [0.25, 0.3) is 5.91 Å². The summed E-state index contributed by atoms with van der Waals surface area (Å²) in [6, 6.07) is 5.89. The van der Waals surface area contributed by atoms with Crippen LogP contribution in [-0.2, 0) is 4.74 Å². The summed E-state index contributed by atoms with van der Waals surface area (Å²) in [5.41, 5.74) is 0.647. The second kappa shape index (κ2) is 6.33. The van der Waals surface area contributed by atoms with Gasteiger partial charge in [-0.2, -0.15) is 0 Å². The van der Waals surface area contributed by atoms with Crippen molar-refractivity contribution in [1.82, 2.24) is 5.32 Å². The first-order valence-electron chi connectivity index (χ1n) is 6.40. The van der Waals surface area contributed by atoms with E-state index in [4.69, 9.17) is 9.84 Å². The van der Waals surface area contributed by atoms with Crippen LogP contribution in [-0.4, -0.2) is 36.2 Å². The minimum atomic E-state index is -0.995. The highest BCUT2D eigenvalue weighted by Gasteiger charge is 2.15. The Morgan fingerprint density at radius 1 is 1.26 bits per heavy atom.